The van der Waals surface area contributed by atoms with Crippen molar-refractivity contribution in [2.75, 3.05) is 13.6 Å². The minimum absolute atomic E-state index is 0.386. The minimum Gasteiger partial charge on any atom is -0.340 e. The van der Waals surface area contributed by atoms with Crippen LogP contribution in [-0.4, -0.2) is 23.6 Å². The Morgan fingerprint density at radius 2 is 2.19 bits per heavy atom. The average Bonchev–Trinajstić information content (AvgIpc) is 2.83. The number of nitrogens with zero attached hydrogens (tertiary/aromatic N) is 1. The van der Waals surface area contributed by atoms with Gasteiger partial charge in [0.25, 0.3) is 0 Å². The third-order valence-corrected chi connectivity index (χ3v) is 3.46. The molecule has 0 aliphatic heterocycles. The number of hydrogen-bond donors (Lipinski definition) is 2. The van der Waals surface area contributed by atoms with Gasteiger partial charge >= 0.3 is 0 Å². The first kappa shape index (κ1) is 11.2. The topological polar surface area (TPSA) is 40.7 Å². The van der Waals surface area contributed by atoms with Crippen molar-refractivity contribution in [2.24, 2.45) is 0 Å². The molecule has 3 nitrogen and oxygen atoms in total. The number of nitrogens with one attached hydrogen (secondary N) is 2. The van der Waals surface area contributed by atoms with Crippen LogP contribution in [0.1, 0.15) is 10.8 Å². The van der Waals surface area contributed by atoms with E-state index < -0.39 is 0 Å². The molecule has 84 valence electrons. The lowest BCUT2D eigenvalue weighted by Crippen LogP contribution is -2.15. The van der Waals surface area contributed by atoms with Crippen molar-refractivity contribution >= 4 is 11.8 Å². The first-order valence-electron chi connectivity index (χ1n) is 5.25. The summed E-state index contributed by atoms with van der Waals surface area (Å²) in [6.07, 6.45) is 3.63. The van der Waals surface area contributed by atoms with E-state index in [0.717, 1.165) is 11.7 Å². The molecule has 2 aromatic rings. The summed E-state index contributed by atoms with van der Waals surface area (Å²) in [6.45, 7) is 0.926. The Morgan fingerprint density at radius 3 is 2.81 bits per heavy atom. The van der Waals surface area contributed by atoms with Gasteiger partial charge in [-0.1, -0.05) is 42.1 Å². The summed E-state index contributed by atoms with van der Waals surface area (Å²) in [7, 11) is 1.97. The van der Waals surface area contributed by atoms with E-state index in [0.29, 0.717) is 5.25 Å². The molecule has 0 spiro atoms. The molecule has 0 aliphatic carbocycles. The van der Waals surface area contributed by atoms with E-state index in [1.54, 1.807) is 18.0 Å². The summed E-state index contributed by atoms with van der Waals surface area (Å²) in [6, 6.07) is 10.5. The summed E-state index contributed by atoms with van der Waals surface area (Å²) in [4.78, 5) is 7.36. The summed E-state index contributed by atoms with van der Waals surface area (Å²) >= 11 is 1.74. The number of H-pyrrole nitrogens is 1. The molecule has 2 rings (SSSR count). The molecular formula is C12H15N3S. The number of imidazole rings is 1. The number of benzene rings is 1. The summed E-state index contributed by atoms with van der Waals surface area (Å²) in [5.74, 6) is 0. The van der Waals surface area contributed by atoms with Crippen molar-refractivity contribution in [1.82, 2.24) is 15.3 Å². The Hall–Kier alpha value is -1.26. The van der Waals surface area contributed by atoms with Crippen LogP contribution >= 0.6 is 11.8 Å². The van der Waals surface area contributed by atoms with Crippen molar-refractivity contribution in [3.8, 4) is 0 Å². The van der Waals surface area contributed by atoms with Crippen molar-refractivity contribution < 1.29 is 0 Å². The van der Waals surface area contributed by atoms with Gasteiger partial charge in [0.05, 0.1) is 0 Å². The van der Waals surface area contributed by atoms with Gasteiger partial charge in [0.15, 0.2) is 5.16 Å². The van der Waals surface area contributed by atoms with Crippen molar-refractivity contribution in [3.63, 3.8) is 0 Å². The molecule has 0 amide bonds. The molecule has 1 aromatic carbocycles. The van der Waals surface area contributed by atoms with Gasteiger partial charge in [0, 0.05) is 24.2 Å². The standard InChI is InChI=1S/C12H15N3S/c1-13-9-11(10-5-3-2-4-6-10)16-12-14-7-8-15-12/h2-8,11,13H,9H2,1H3,(H,14,15). The highest BCUT2D eigenvalue weighted by Crippen LogP contribution is 2.32. The predicted molar refractivity (Wildman–Crippen MR) is 67.6 cm³/mol. The molecule has 16 heavy (non-hydrogen) atoms. The van der Waals surface area contributed by atoms with Gasteiger partial charge in [-0.25, -0.2) is 4.98 Å². The zero-order valence-electron chi connectivity index (χ0n) is 9.18. The second kappa shape index (κ2) is 5.72. The SMILES string of the molecule is CNCC(Sc1ncc[nH]1)c1ccccc1. The molecule has 0 radical (unpaired) electrons. The van der Waals surface area contributed by atoms with Gasteiger partial charge in [0.2, 0.25) is 0 Å². The fourth-order valence-corrected chi connectivity index (χ4v) is 2.60. The van der Waals surface area contributed by atoms with E-state index in [9.17, 15) is 0 Å². The van der Waals surface area contributed by atoms with Gasteiger partial charge in [-0.3, -0.25) is 0 Å². The lowest BCUT2D eigenvalue weighted by atomic mass is 10.1. The van der Waals surface area contributed by atoms with Crippen LogP contribution in [0, 0.1) is 0 Å². The third kappa shape index (κ3) is 2.87. The van der Waals surface area contributed by atoms with Gasteiger partial charge in [-0.05, 0) is 12.6 Å². The Kier molecular flexibility index (Phi) is 4.02. The molecule has 1 heterocycles. The number of thioether (sulfide) groups is 1. The number of aromatic amines is 1. The molecule has 0 saturated carbocycles. The largest absolute Gasteiger partial charge is 0.340 e. The molecule has 1 atom stereocenters. The molecule has 4 heteroatoms. The molecule has 0 aliphatic rings. The van der Waals surface area contributed by atoms with Gasteiger partial charge in [-0.2, -0.15) is 0 Å². The Bertz CT molecular complexity index is 399. The lowest BCUT2D eigenvalue weighted by molar-refractivity contribution is 0.775. The fraction of sp³-hybridized carbons (Fsp3) is 0.250. The summed E-state index contributed by atoms with van der Waals surface area (Å²) < 4.78 is 0. The first-order valence-corrected chi connectivity index (χ1v) is 6.13. The maximum absolute atomic E-state index is 4.24. The lowest BCUT2D eigenvalue weighted by Gasteiger charge is -2.14. The summed E-state index contributed by atoms with van der Waals surface area (Å²) in [5.41, 5.74) is 1.32. The van der Waals surface area contributed by atoms with Crippen LogP contribution in [0.5, 0.6) is 0 Å². The van der Waals surface area contributed by atoms with Gasteiger partial charge in [0.1, 0.15) is 0 Å². The number of aromatic nitrogens is 2. The molecule has 2 N–H and O–H groups in total. The molecule has 0 fully saturated rings. The normalized spacial score (nSPS) is 12.6. The van der Waals surface area contributed by atoms with Crippen molar-refractivity contribution in [1.29, 1.82) is 0 Å². The molecular weight excluding hydrogens is 218 g/mol. The van der Waals surface area contributed by atoms with E-state index in [1.165, 1.54) is 5.56 Å². The van der Waals surface area contributed by atoms with E-state index in [-0.39, 0.29) is 0 Å². The number of likely N-dealkylation sites (N-methyl/N-ethyl adjacent to an activating group) is 1. The van der Waals surface area contributed by atoms with Crippen LogP contribution in [0.4, 0.5) is 0 Å². The van der Waals surface area contributed by atoms with E-state index in [2.05, 4.69) is 39.6 Å². The second-order valence-corrected chi connectivity index (χ2v) is 4.66. The van der Waals surface area contributed by atoms with Crippen LogP contribution in [0.25, 0.3) is 0 Å². The average molecular weight is 233 g/mol. The van der Waals surface area contributed by atoms with Crippen LogP contribution in [-0.2, 0) is 0 Å². The van der Waals surface area contributed by atoms with Crippen molar-refractivity contribution in [2.45, 2.75) is 10.4 Å². The quantitative estimate of drug-likeness (QED) is 0.779. The first-order chi connectivity index (χ1) is 7.90. The van der Waals surface area contributed by atoms with Crippen LogP contribution < -0.4 is 5.32 Å². The fourth-order valence-electron chi connectivity index (χ4n) is 1.53. The Morgan fingerprint density at radius 1 is 1.38 bits per heavy atom. The maximum Gasteiger partial charge on any atom is 0.165 e. The summed E-state index contributed by atoms with van der Waals surface area (Å²) in [5, 5.41) is 4.56. The Balaban J connectivity index is 2.11. The second-order valence-electron chi connectivity index (χ2n) is 3.47. The monoisotopic (exact) mass is 233 g/mol. The predicted octanol–water partition coefficient (Wildman–Crippen LogP) is 2.46. The van der Waals surface area contributed by atoms with Crippen LogP contribution in [0.3, 0.4) is 0 Å². The maximum atomic E-state index is 4.24. The van der Waals surface area contributed by atoms with E-state index >= 15 is 0 Å². The number of hydrogen-bond acceptors (Lipinski definition) is 3. The molecule has 0 bridgehead atoms. The molecule has 1 unspecified atom stereocenters. The van der Waals surface area contributed by atoms with Crippen molar-refractivity contribution in [3.05, 3.63) is 48.3 Å². The highest BCUT2D eigenvalue weighted by molar-refractivity contribution is 7.99. The van der Waals surface area contributed by atoms with Crippen LogP contribution in [0.2, 0.25) is 0 Å². The molecule has 0 saturated heterocycles. The van der Waals surface area contributed by atoms with E-state index in [4.69, 9.17) is 0 Å². The third-order valence-electron chi connectivity index (χ3n) is 2.29. The highest BCUT2D eigenvalue weighted by Gasteiger charge is 2.12. The number of rotatable bonds is 5. The van der Waals surface area contributed by atoms with Gasteiger partial charge < -0.3 is 10.3 Å². The minimum atomic E-state index is 0.386. The smallest absolute Gasteiger partial charge is 0.165 e. The molecule has 1 aromatic heterocycles. The zero-order valence-corrected chi connectivity index (χ0v) is 10.00. The van der Waals surface area contributed by atoms with Crippen LogP contribution in [0.15, 0.2) is 47.9 Å². The van der Waals surface area contributed by atoms with E-state index in [1.807, 2.05) is 19.3 Å². The highest BCUT2D eigenvalue weighted by atomic mass is 32.2. The zero-order chi connectivity index (χ0) is 11.2. The Labute approximate surface area is 99.7 Å². The van der Waals surface area contributed by atoms with Gasteiger partial charge in [-0.15, -0.1) is 0 Å².